The number of ether oxygens (including phenoxy) is 1. The number of nitrogens with zero attached hydrogens (tertiary/aromatic N) is 2. The van der Waals surface area contributed by atoms with Crippen LogP contribution >= 0.6 is 0 Å². The predicted octanol–water partition coefficient (Wildman–Crippen LogP) is 0.729. The van der Waals surface area contributed by atoms with Crippen LogP contribution in [0.25, 0.3) is 11.1 Å². The van der Waals surface area contributed by atoms with Gasteiger partial charge < -0.3 is 15.8 Å². The third kappa shape index (κ3) is 4.32. The van der Waals surface area contributed by atoms with Crippen LogP contribution in [0.5, 0.6) is 5.75 Å². The molecule has 1 aromatic heterocycles. The number of aromatic nitrogens is 2. The highest BCUT2D eigenvalue weighted by atomic mass is 16.5. The average molecular weight is 287 g/mol. The van der Waals surface area contributed by atoms with Gasteiger partial charge in [-0.1, -0.05) is 0 Å². The van der Waals surface area contributed by atoms with Crippen LogP contribution in [0.2, 0.25) is 0 Å². The number of hydrogen-bond acceptors (Lipinski definition) is 4. The third-order valence-corrected chi connectivity index (χ3v) is 2.88. The van der Waals surface area contributed by atoms with E-state index in [-0.39, 0.29) is 5.91 Å². The van der Waals surface area contributed by atoms with Crippen LogP contribution in [0.1, 0.15) is 6.92 Å². The Morgan fingerprint density at radius 3 is 3.00 bits per heavy atom. The van der Waals surface area contributed by atoms with Gasteiger partial charge in [0.25, 0.3) is 0 Å². The molecule has 1 aromatic carbocycles. The quantitative estimate of drug-likeness (QED) is 0.767. The summed E-state index contributed by atoms with van der Waals surface area (Å²) in [5.74, 6) is 0.515. The average Bonchev–Trinajstić information content (AvgIpc) is 2.90. The molecule has 111 valence electrons. The number of carbonyl (C=O) groups excluding carboxylic acids is 1. The monoisotopic (exact) mass is 287 g/mol. The van der Waals surface area contributed by atoms with Gasteiger partial charge in [0, 0.05) is 18.8 Å². The van der Waals surface area contributed by atoms with Crippen molar-refractivity contribution in [2.75, 3.05) is 13.2 Å². The van der Waals surface area contributed by atoms with Crippen LogP contribution in [0.15, 0.2) is 30.6 Å². The summed E-state index contributed by atoms with van der Waals surface area (Å²) in [5, 5.41) is 6.83. The summed E-state index contributed by atoms with van der Waals surface area (Å²) in [5.41, 5.74) is 7.44. The minimum Gasteiger partial charge on any atom is -0.492 e. The molecule has 1 amide bonds. The Bertz CT molecular complexity index is 607. The SMILES string of the molecule is CC(N)C(=O)NCCOc1c[c]cc(-c2cnn(C)c2)c1. The van der Waals surface area contributed by atoms with Crippen LogP contribution in [0.4, 0.5) is 0 Å². The lowest BCUT2D eigenvalue weighted by Crippen LogP contribution is -2.40. The van der Waals surface area contributed by atoms with E-state index in [4.69, 9.17) is 10.5 Å². The Morgan fingerprint density at radius 1 is 1.52 bits per heavy atom. The standard InChI is InChI=1S/C15H19N4O2/c1-11(16)15(20)17-6-7-21-14-5-3-4-12(8-14)13-9-18-19(2)10-13/h4-5,8-11H,6-7,16H2,1-2H3,(H,17,20). The second-order valence-corrected chi connectivity index (χ2v) is 4.79. The van der Waals surface area contributed by atoms with E-state index >= 15 is 0 Å². The zero-order chi connectivity index (χ0) is 15.2. The fourth-order valence-corrected chi connectivity index (χ4v) is 1.77. The molecule has 21 heavy (non-hydrogen) atoms. The Morgan fingerprint density at radius 2 is 2.33 bits per heavy atom. The van der Waals surface area contributed by atoms with Crippen molar-refractivity contribution in [3.63, 3.8) is 0 Å². The molecule has 6 nitrogen and oxygen atoms in total. The summed E-state index contributed by atoms with van der Waals surface area (Å²) in [6.07, 6.45) is 3.71. The van der Waals surface area contributed by atoms with Gasteiger partial charge in [-0.3, -0.25) is 9.48 Å². The number of aryl methyl sites for hydroxylation is 1. The minimum absolute atomic E-state index is 0.186. The second kappa shape index (κ2) is 6.90. The smallest absolute Gasteiger partial charge is 0.236 e. The first-order valence-electron chi connectivity index (χ1n) is 6.72. The van der Waals surface area contributed by atoms with E-state index in [1.165, 1.54) is 0 Å². The maximum atomic E-state index is 11.3. The van der Waals surface area contributed by atoms with Crippen molar-refractivity contribution < 1.29 is 9.53 Å². The van der Waals surface area contributed by atoms with E-state index in [9.17, 15) is 4.79 Å². The van der Waals surface area contributed by atoms with Gasteiger partial charge in [-0.05, 0) is 36.8 Å². The van der Waals surface area contributed by atoms with Crippen molar-refractivity contribution in [3.8, 4) is 16.9 Å². The Balaban J connectivity index is 1.88. The highest BCUT2D eigenvalue weighted by molar-refractivity contribution is 5.80. The summed E-state index contributed by atoms with van der Waals surface area (Å²) in [6.45, 7) is 2.43. The Labute approximate surface area is 123 Å². The molecule has 0 aliphatic carbocycles. The van der Waals surface area contributed by atoms with Crippen molar-refractivity contribution in [1.82, 2.24) is 15.1 Å². The molecule has 2 aromatic rings. The molecule has 6 heteroatoms. The Hall–Kier alpha value is -2.34. The lowest BCUT2D eigenvalue weighted by Gasteiger charge is -2.09. The van der Waals surface area contributed by atoms with Crippen LogP contribution in [0, 0.1) is 6.07 Å². The zero-order valence-electron chi connectivity index (χ0n) is 12.2. The van der Waals surface area contributed by atoms with Crippen molar-refractivity contribution in [2.45, 2.75) is 13.0 Å². The number of rotatable bonds is 6. The number of hydrogen-bond donors (Lipinski definition) is 2. The van der Waals surface area contributed by atoms with E-state index in [0.717, 1.165) is 11.1 Å². The zero-order valence-corrected chi connectivity index (χ0v) is 12.2. The first-order chi connectivity index (χ1) is 10.1. The van der Waals surface area contributed by atoms with Gasteiger partial charge in [-0.25, -0.2) is 0 Å². The Kier molecular flexibility index (Phi) is 4.94. The first-order valence-corrected chi connectivity index (χ1v) is 6.72. The number of benzene rings is 1. The molecule has 0 bridgehead atoms. The van der Waals surface area contributed by atoms with Crippen LogP contribution in [-0.2, 0) is 11.8 Å². The van der Waals surface area contributed by atoms with Gasteiger partial charge in [0.1, 0.15) is 12.4 Å². The van der Waals surface area contributed by atoms with Crippen molar-refractivity contribution in [3.05, 3.63) is 36.7 Å². The normalized spacial score (nSPS) is 12.0. The van der Waals surface area contributed by atoms with Crippen LogP contribution in [0.3, 0.4) is 0 Å². The number of nitrogens with one attached hydrogen (secondary N) is 1. The molecule has 0 saturated carbocycles. The fraction of sp³-hybridized carbons (Fsp3) is 0.333. The molecule has 1 unspecified atom stereocenters. The summed E-state index contributed by atoms with van der Waals surface area (Å²) in [6, 6.07) is 8.08. The first kappa shape index (κ1) is 15.1. The van der Waals surface area contributed by atoms with Crippen LogP contribution in [-0.4, -0.2) is 34.9 Å². The molecule has 0 aliphatic heterocycles. The van der Waals surface area contributed by atoms with Crippen molar-refractivity contribution >= 4 is 5.91 Å². The molecule has 0 fully saturated rings. The maximum absolute atomic E-state index is 11.3. The number of amides is 1. The maximum Gasteiger partial charge on any atom is 0.236 e. The summed E-state index contributed by atoms with van der Waals surface area (Å²) < 4.78 is 7.33. The highest BCUT2D eigenvalue weighted by Crippen LogP contribution is 2.22. The molecule has 1 heterocycles. The largest absolute Gasteiger partial charge is 0.492 e. The van der Waals surface area contributed by atoms with Crippen molar-refractivity contribution in [2.24, 2.45) is 12.8 Å². The van der Waals surface area contributed by atoms with Gasteiger partial charge in [0.05, 0.1) is 18.8 Å². The van der Waals surface area contributed by atoms with Gasteiger partial charge in [0.2, 0.25) is 5.91 Å². The molecular weight excluding hydrogens is 268 g/mol. The van der Waals surface area contributed by atoms with E-state index in [2.05, 4.69) is 16.5 Å². The van der Waals surface area contributed by atoms with Gasteiger partial charge in [-0.2, -0.15) is 5.10 Å². The fourth-order valence-electron chi connectivity index (χ4n) is 1.77. The van der Waals surface area contributed by atoms with E-state index in [0.29, 0.717) is 18.9 Å². The van der Waals surface area contributed by atoms with E-state index < -0.39 is 6.04 Å². The second-order valence-electron chi connectivity index (χ2n) is 4.79. The minimum atomic E-state index is -0.507. The van der Waals surface area contributed by atoms with E-state index in [1.807, 2.05) is 25.4 Å². The lowest BCUT2D eigenvalue weighted by molar-refractivity contribution is -0.122. The highest BCUT2D eigenvalue weighted by Gasteiger charge is 2.06. The molecule has 0 aliphatic rings. The number of carbonyl (C=O) groups is 1. The molecule has 2 rings (SSSR count). The number of nitrogens with two attached hydrogens (primary N) is 1. The molecule has 3 N–H and O–H groups in total. The van der Waals surface area contributed by atoms with Gasteiger partial charge in [0.15, 0.2) is 0 Å². The van der Waals surface area contributed by atoms with Crippen LogP contribution < -0.4 is 15.8 Å². The van der Waals surface area contributed by atoms with Crippen molar-refractivity contribution in [1.29, 1.82) is 0 Å². The van der Waals surface area contributed by atoms with Gasteiger partial charge in [-0.15, -0.1) is 0 Å². The molecular formula is C15H19N4O2. The topological polar surface area (TPSA) is 82.2 Å². The summed E-state index contributed by atoms with van der Waals surface area (Å²) in [7, 11) is 1.87. The molecule has 1 atom stereocenters. The van der Waals surface area contributed by atoms with E-state index in [1.54, 1.807) is 23.9 Å². The molecule has 0 saturated heterocycles. The molecule has 0 spiro atoms. The summed E-state index contributed by atoms with van der Waals surface area (Å²) in [4.78, 5) is 11.3. The lowest BCUT2D eigenvalue weighted by atomic mass is 10.1. The summed E-state index contributed by atoms with van der Waals surface area (Å²) >= 11 is 0. The van der Waals surface area contributed by atoms with Gasteiger partial charge >= 0.3 is 0 Å². The third-order valence-electron chi connectivity index (χ3n) is 2.88. The molecule has 1 radical (unpaired) electrons. The predicted molar refractivity (Wildman–Crippen MR) is 79.6 cm³/mol.